The topological polar surface area (TPSA) is 50.9 Å². The molecular formula is C12H23N3S. The number of nitrogens with zero attached hydrogens (tertiary/aromatic N) is 1. The Bertz CT molecular complexity index is 322. The average Bonchev–Trinajstić information content (AvgIpc) is 2.57. The van der Waals surface area contributed by atoms with Crippen molar-refractivity contribution < 1.29 is 0 Å². The Morgan fingerprint density at radius 3 is 2.62 bits per heavy atom. The molecule has 0 aliphatic rings. The molecule has 92 valence electrons. The van der Waals surface area contributed by atoms with Crippen molar-refractivity contribution in [1.82, 2.24) is 10.3 Å². The molecule has 1 aromatic rings. The second-order valence-corrected chi connectivity index (χ2v) is 5.55. The number of aryl methyl sites for hydroxylation is 2. The van der Waals surface area contributed by atoms with E-state index in [4.69, 9.17) is 5.73 Å². The van der Waals surface area contributed by atoms with Crippen LogP contribution in [-0.4, -0.2) is 17.6 Å². The molecule has 16 heavy (non-hydrogen) atoms. The van der Waals surface area contributed by atoms with Crippen molar-refractivity contribution in [3.8, 4) is 0 Å². The molecule has 0 radical (unpaired) electrons. The quantitative estimate of drug-likeness (QED) is 0.804. The smallest absolute Gasteiger partial charge is 0.0900 e. The molecule has 0 amide bonds. The van der Waals surface area contributed by atoms with E-state index in [1.807, 2.05) is 0 Å². The van der Waals surface area contributed by atoms with E-state index in [1.54, 1.807) is 11.3 Å². The van der Waals surface area contributed by atoms with Crippen LogP contribution in [0.25, 0.3) is 0 Å². The minimum Gasteiger partial charge on any atom is -0.328 e. The van der Waals surface area contributed by atoms with E-state index < -0.39 is 0 Å². The summed E-state index contributed by atoms with van der Waals surface area (Å²) >= 11 is 1.78. The first-order valence-electron chi connectivity index (χ1n) is 5.97. The van der Waals surface area contributed by atoms with Crippen LogP contribution in [0.2, 0.25) is 0 Å². The van der Waals surface area contributed by atoms with E-state index >= 15 is 0 Å². The minimum absolute atomic E-state index is 0.323. The number of hydrogen-bond acceptors (Lipinski definition) is 4. The zero-order valence-corrected chi connectivity index (χ0v) is 11.5. The molecule has 3 N–H and O–H groups in total. The van der Waals surface area contributed by atoms with Crippen LogP contribution in [0, 0.1) is 13.8 Å². The molecule has 0 aliphatic carbocycles. The van der Waals surface area contributed by atoms with Gasteiger partial charge in [0.1, 0.15) is 0 Å². The maximum atomic E-state index is 5.88. The molecule has 0 saturated heterocycles. The Hall–Kier alpha value is -0.450. The van der Waals surface area contributed by atoms with Crippen LogP contribution in [0.3, 0.4) is 0 Å². The zero-order valence-electron chi connectivity index (χ0n) is 10.7. The molecule has 0 aromatic carbocycles. The Labute approximate surface area is 102 Å². The number of nitrogens with two attached hydrogens (primary N) is 1. The van der Waals surface area contributed by atoms with Crippen molar-refractivity contribution >= 4 is 11.3 Å². The molecule has 1 rings (SSSR count). The van der Waals surface area contributed by atoms with Crippen LogP contribution < -0.4 is 11.1 Å². The van der Waals surface area contributed by atoms with Gasteiger partial charge in [-0.1, -0.05) is 6.92 Å². The zero-order chi connectivity index (χ0) is 12.1. The first-order chi connectivity index (χ1) is 7.54. The highest BCUT2D eigenvalue weighted by atomic mass is 32.1. The molecule has 0 saturated carbocycles. The van der Waals surface area contributed by atoms with Crippen molar-refractivity contribution in [3.05, 3.63) is 15.6 Å². The number of nitrogens with one attached hydrogen (secondary N) is 1. The highest BCUT2D eigenvalue weighted by Crippen LogP contribution is 2.24. The molecule has 2 atom stereocenters. The summed E-state index contributed by atoms with van der Waals surface area (Å²) in [6.07, 6.45) is 2.09. The fourth-order valence-corrected chi connectivity index (χ4v) is 2.69. The van der Waals surface area contributed by atoms with Gasteiger partial charge in [0, 0.05) is 17.0 Å². The van der Waals surface area contributed by atoms with Crippen LogP contribution in [0.4, 0.5) is 0 Å². The van der Waals surface area contributed by atoms with Gasteiger partial charge in [-0.05, 0) is 40.2 Å². The van der Waals surface area contributed by atoms with E-state index in [0.717, 1.165) is 30.1 Å². The molecular weight excluding hydrogens is 218 g/mol. The van der Waals surface area contributed by atoms with Crippen LogP contribution in [0.1, 0.15) is 48.3 Å². The van der Waals surface area contributed by atoms with Gasteiger partial charge in [0.05, 0.1) is 10.7 Å². The summed E-state index contributed by atoms with van der Waals surface area (Å²) in [6, 6.07) is 0.708. The summed E-state index contributed by atoms with van der Waals surface area (Å²) in [5.41, 5.74) is 7.04. The van der Waals surface area contributed by atoms with E-state index in [-0.39, 0.29) is 0 Å². The molecule has 0 spiro atoms. The molecule has 3 nitrogen and oxygen atoms in total. The van der Waals surface area contributed by atoms with E-state index in [1.165, 1.54) is 4.88 Å². The molecule has 1 aromatic heterocycles. The van der Waals surface area contributed by atoms with Gasteiger partial charge in [-0.15, -0.1) is 11.3 Å². The Kier molecular flexibility index (Phi) is 5.38. The Morgan fingerprint density at radius 1 is 1.44 bits per heavy atom. The lowest BCUT2D eigenvalue weighted by atomic mass is 10.1. The lowest BCUT2D eigenvalue weighted by Crippen LogP contribution is -2.27. The van der Waals surface area contributed by atoms with Crippen LogP contribution in [0.5, 0.6) is 0 Å². The van der Waals surface area contributed by atoms with Crippen molar-refractivity contribution in [2.24, 2.45) is 5.73 Å². The minimum atomic E-state index is 0.323. The van der Waals surface area contributed by atoms with Gasteiger partial charge in [0.2, 0.25) is 0 Å². The van der Waals surface area contributed by atoms with Gasteiger partial charge in [-0.25, -0.2) is 4.98 Å². The summed E-state index contributed by atoms with van der Waals surface area (Å²) in [7, 11) is 0. The molecule has 4 heteroatoms. The van der Waals surface area contributed by atoms with Gasteiger partial charge in [-0.3, -0.25) is 0 Å². The SMILES string of the molecule is CCC(N)CCNC(C)c1sc(C)nc1C. The largest absolute Gasteiger partial charge is 0.328 e. The first kappa shape index (κ1) is 13.6. The fourth-order valence-electron chi connectivity index (χ4n) is 1.73. The van der Waals surface area contributed by atoms with E-state index in [0.29, 0.717) is 12.1 Å². The predicted molar refractivity (Wildman–Crippen MR) is 70.9 cm³/mol. The third-order valence-electron chi connectivity index (χ3n) is 2.82. The van der Waals surface area contributed by atoms with Crippen molar-refractivity contribution in [3.63, 3.8) is 0 Å². The van der Waals surface area contributed by atoms with E-state index in [9.17, 15) is 0 Å². The number of hydrogen-bond donors (Lipinski definition) is 2. The lowest BCUT2D eigenvalue weighted by molar-refractivity contribution is 0.510. The predicted octanol–water partition coefficient (Wildman–Crippen LogP) is 2.54. The molecule has 0 bridgehead atoms. The van der Waals surface area contributed by atoms with E-state index in [2.05, 4.69) is 38.0 Å². The number of rotatable bonds is 6. The maximum absolute atomic E-state index is 5.88. The first-order valence-corrected chi connectivity index (χ1v) is 6.79. The van der Waals surface area contributed by atoms with Crippen molar-refractivity contribution in [2.45, 2.75) is 52.6 Å². The monoisotopic (exact) mass is 241 g/mol. The van der Waals surface area contributed by atoms with Crippen LogP contribution in [0.15, 0.2) is 0 Å². The average molecular weight is 241 g/mol. The third-order valence-corrected chi connectivity index (χ3v) is 4.08. The van der Waals surface area contributed by atoms with Gasteiger partial charge >= 0.3 is 0 Å². The number of thiazole rings is 1. The highest BCUT2D eigenvalue weighted by molar-refractivity contribution is 7.11. The molecule has 1 heterocycles. The summed E-state index contributed by atoms with van der Waals surface area (Å²) in [5, 5.41) is 4.65. The summed E-state index contributed by atoms with van der Waals surface area (Å²) in [6.45, 7) is 9.43. The summed E-state index contributed by atoms with van der Waals surface area (Å²) in [5.74, 6) is 0. The normalized spacial score (nSPS) is 15.1. The van der Waals surface area contributed by atoms with Crippen LogP contribution in [-0.2, 0) is 0 Å². The number of aromatic nitrogens is 1. The molecule has 0 fully saturated rings. The van der Waals surface area contributed by atoms with Gasteiger partial charge < -0.3 is 11.1 Å². The standard InChI is InChI=1S/C12H23N3S/c1-5-11(13)6-7-14-8(2)12-9(3)15-10(4)16-12/h8,11,14H,5-7,13H2,1-4H3. The summed E-state index contributed by atoms with van der Waals surface area (Å²) < 4.78 is 0. The second kappa shape index (κ2) is 6.33. The molecule has 2 unspecified atom stereocenters. The maximum Gasteiger partial charge on any atom is 0.0900 e. The Balaban J connectivity index is 2.40. The molecule has 0 aliphatic heterocycles. The van der Waals surface area contributed by atoms with Crippen LogP contribution >= 0.6 is 11.3 Å². The third kappa shape index (κ3) is 3.85. The van der Waals surface area contributed by atoms with Gasteiger partial charge in [0.15, 0.2) is 0 Å². The van der Waals surface area contributed by atoms with Crippen molar-refractivity contribution in [2.75, 3.05) is 6.54 Å². The Morgan fingerprint density at radius 2 is 2.12 bits per heavy atom. The second-order valence-electron chi connectivity index (χ2n) is 4.32. The van der Waals surface area contributed by atoms with Gasteiger partial charge in [-0.2, -0.15) is 0 Å². The highest BCUT2D eigenvalue weighted by Gasteiger charge is 2.12. The summed E-state index contributed by atoms with van der Waals surface area (Å²) in [4.78, 5) is 5.79. The van der Waals surface area contributed by atoms with Crippen molar-refractivity contribution in [1.29, 1.82) is 0 Å². The fraction of sp³-hybridized carbons (Fsp3) is 0.750. The lowest BCUT2D eigenvalue weighted by Gasteiger charge is -2.14. The van der Waals surface area contributed by atoms with Gasteiger partial charge in [0.25, 0.3) is 0 Å².